The van der Waals surface area contributed by atoms with Crippen LogP contribution in [0, 0.1) is 5.82 Å². The number of benzene rings is 1. The fourth-order valence-corrected chi connectivity index (χ4v) is 3.46. The van der Waals surface area contributed by atoms with Crippen LogP contribution in [0.1, 0.15) is 22.5 Å². The smallest absolute Gasteiger partial charge is 0.273 e. The van der Waals surface area contributed by atoms with Gasteiger partial charge in [-0.25, -0.2) is 9.37 Å². The van der Waals surface area contributed by atoms with Crippen molar-refractivity contribution in [1.82, 2.24) is 14.8 Å². The zero-order valence-electron chi connectivity index (χ0n) is 13.0. The van der Waals surface area contributed by atoms with Gasteiger partial charge in [-0.2, -0.15) is 0 Å². The number of aromatic nitrogens is 1. The lowest BCUT2D eigenvalue weighted by molar-refractivity contribution is 0.0756. The van der Waals surface area contributed by atoms with Crippen LogP contribution in [-0.4, -0.2) is 46.9 Å². The van der Waals surface area contributed by atoms with Crippen molar-refractivity contribution in [3.8, 4) is 0 Å². The van der Waals surface area contributed by atoms with Crippen molar-refractivity contribution in [2.45, 2.75) is 13.0 Å². The molecule has 0 spiro atoms. The van der Waals surface area contributed by atoms with Crippen LogP contribution in [0.25, 0.3) is 0 Å². The first-order chi connectivity index (χ1) is 11.1. The second-order valence-corrected chi connectivity index (χ2v) is 6.66. The third-order valence-corrected chi connectivity index (χ3v) is 4.87. The standard InChI is InChI=1S/C16H17ClFN3OS.ClH/c17-14-8-13(18)3-2-12(14)9-20-4-1-5-21(7-6-20)16(22)15-10-23-11-19-15;/h2-3,8,10-11H,1,4-7,9H2;1H. The predicted molar refractivity (Wildman–Crippen MR) is 96.6 cm³/mol. The minimum Gasteiger partial charge on any atom is -0.336 e. The monoisotopic (exact) mass is 389 g/mol. The molecule has 130 valence electrons. The lowest BCUT2D eigenvalue weighted by Gasteiger charge is -2.22. The molecule has 4 nitrogen and oxygen atoms in total. The molecular formula is C16H18Cl2FN3OS. The van der Waals surface area contributed by atoms with Crippen LogP contribution in [0.15, 0.2) is 29.1 Å². The van der Waals surface area contributed by atoms with Crippen molar-refractivity contribution in [1.29, 1.82) is 0 Å². The molecule has 0 saturated carbocycles. The van der Waals surface area contributed by atoms with Crippen molar-refractivity contribution in [3.63, 3.8) is 0 Å². The minimum atomic E-state index is -0.324. The van der Waals surface area contributed by atoms with E-state index in [9.17, 15) is 9.18 Å². The average molecular weight is 390 g/mol. The molecule has 3 rings (SSSR count). The van der Waals surface area contributed by atoms with Crippen LogP contribution in [0.5, 0.6) is 0 Å². The number of carbonyl (C=O) groups is 1. The zero-order valence-corrected chi connectivity index (χ0v) is 15.3. The van der Waals surface area contributed by atoms with E-state index in [4.69, 9.17) is 11.6 Å². The van der Waals surface area contributed by atoms with Crippen LogP contribution < -0.4 is 0 Å². The topological polar surface area (TPSA) is 36.4 Å². The third kappa shape index (κ3) is 4.66. The van der Waals surface area contributed by atoms with E-state index in [1.165, 1.54) is 23.5 Å². The Balaban J connectivity index is 0.00000208. The highest BCUT2D eigenvalue weighted by Gasteiger charge is 2.21. The van der Waals surface area contributed by atoms with Crippen molar-refractivity contribution >= 4 is 41.3 Å². The van der Waals surface area contributed by atoms with E-state index in [1.807, 2.05) is 4.90 Å². The molecule has 0 bridgehead atoms. The molecule has 1 aliphatic heterocycles. The zero-order chi connectivity index (χ0) is 16.2. The van der Waals surface area contributed by atoms with E-state index in [2.05, 4.69) is 9.88 Å². The van der Waals surface area contributed by atoms with Gasteiger partial charge in [0.05, 0.1) is 5.51 Å². The summed E-state index contributed by atoms with van der Waals surface area (Å²) >= 11 is 7.53. The van der Waals surface area contributed by atoms with E-state index in [-0.39, 0.29) is 24.1 Å². The summed E-state index contributed by atoms with van der Waals surface area (Å²) in [5.74, 6) is -0.331. The van der Waals surface area contributed by atoms with Crippen LogP contribution in [-0.2, 0) is 6.54 Å². The summed E-state index contributed by atoms with van der Waals surface area (Å²) < 4.78 is 13.1. The normalized spacial score (nSPS) is 15.7. The van der Waals surface area contributed by atoms with Gasteiger partial charge in [-0.1, -0.05) is 17.7 Å². The molecule has 1 aliphatic rings. The molecule has 0 N–H and O–H groups in total. The second kappa shape index (κ2) is 8.76. The van der Waals surface area contributed by atoms with Crippen LogP contribution in [0.3, 0.4) is 0 Å². The lowest BCUT2D eigenvalue weighted by Crippen LogP contribution is -2.35. The second-order valence-electron chi connectivity index (χ2n) is 5.53. The van der Waals surface area contributed by atoms with E-state index < -0.39 is 0 Å². The number of hydrogen-bond donors (Lipinski definition) is 0. The van der Waals surface area contributed by atoms with Crippen LogP contribution in [0.4, 0.5) is 4.39 Å². The number of nitrogens with zero attached hydrogens (tertiary/aromatic N) is 3. The van der Waals surface area contributed by atoms with Gasteiger partial charge in [0.25, 0.3) is 5.91 Å². The van der Waals surface area contributed by atoms with Gasteiger partial charge in [0.2, 0.25) is 0 Å². The number of rotatable bonds is 3. The van der Waals surface area contributed by atoms with Crippen molar-refractivity contribution in [2.75, 3.05) is 26.2 Å². The first-order valence-electron chi connectivity index (χ1n) is 7.47. The molecule has 8 heteroatoms. The fourth-order valence-electron chi connectivity index (χ4n) is 2.70. The van der Waals surface area contributed by atoms with Gasteiger partial charge < -0.3 is 4.90 Å². The number of carbonyl (C=O) groups excluding carboxylic acids is 1. The van der Waals surface area contributed by atoms with Crippen molar-refractivity contribution < 1.29 is 9.18 Å². The first-order valence-corrected chi connectivity index (χ1v) is 8.79. The van der Waals surface area contributed by atoms with E-state index in [0.29, 0.717) is 23.8 Å². The van der Waals surface area contributed by atoms with Crippen molar-refractivity contribution in [3.05, 3.63) is 51.2 Å². The van der Waals surface area contributed by atoms with Crippen LogP contribution in [0.2, 0.25) is 5.02 Å². The fraction of sp³-hybridized carbons (Fsp3) is 0.375. The third-order valence-electron chi connectivity index (χ3n) is 3.94. The van der Waals surface area contributed by atoms with Crippen LogP contribution >= 0.6 is 35.3 Å². The van der Waals surface area contributed by atoms with Gasteiger partial charge in [0.1, 0.15) is 11.5 Å². The van der Waals surface area contributed by atoms with Gasteiger partial charge in [-0.15, -0.1) is 23.7 Å². The molecule has 1 aromatic heterocycles. The summed E-state index contributed by atoms with van der Waals surface area (Å²) in [6.07, 6.45) is 0.898. The van der Waals surface area contributed by atoms with E-state index >= 15 is 0 Å². The molecule has 0 radical (unpaired) electrons. The Labute approximate surface area is 155 Å². The van der Waals surface area contributed by atoms with Crippen molar-refractivity contribution in [2.24, 2.45) is 0 Å². The molecule has 2 aromatic rings. The molecule has 0 aliphatic carbocycles. The van der Waals surface area contributed by atoms with Gasteiger partial charge >= 0.3 is 0 Å². The minimum absolute atomic E-state index is 0. The number of hydrogen-bond acceptors (Lipinski definition) is 4. The Morgan fingerprint density at radius 3 is 2.83 bits per heavy atom. The van der Waals surface area contributed by atoms with Gasteiger partial charge in [0.15, 0.2) is 0 Å². The molecule has 0 atom stereocenters. The molecule has 0 unspecified atom stereocenters. The Hall–Kier alpha value is -1.21. The lowest BCUT2D eigenvalue weighted by atomic mass is 10.2. The molecule has 24 heavy (non-hydrogen) atoms. The maximum Gasteiger partial charge on any atom is 0.273 e. The summed E-state index contributed by atoms with van der Waals surface area (Å²) in [5, 5.41) is 2.23. The predicted octanol–water partition coefficient (Wildman–Crippen LogP) is 3.71. The highest BCUT2D eigenvalue weighted by molar-refractivity contribution is 7.07. The van der Waals surface area contributed by atoms with Gasteiger partial charge in [-0.3, -0.25) is 9.69 Å². The largest absolute Gasteiger partial charge is 0.336 e. The Morgan fingerprint density at radius 1 is 1.29 bits per heavy atom. The Morgan fingerprint density at radius 2 is 2.12 bits per heavy atom. The molecule has 1 saturated heterocycles. The molecule has 1 aromatic carbocycles. The summed E-state index contributed by atoms with van der Waals surface area (Å²) in [6.45, 7) is 3.70. The maximum atomic E-state index is 13.1. The molecule has 1 fully saturated rings. The maximum absolute atomic E-state index is 13.1. The molecule has 2 heterocycles. The highest BCUT2D eigenvalue weighted by Crippen LogP contribution is 2.20. The average Bonchev–Trinajstić information content (AvgIpc) is 2.96. The summed E-state index contributed by atoms with van der Waals surface area (Å²) in [6, 6.07) is 4.49. The van der Waals surface area contributed by atoms with Gasteiger partial charge in [-0.05, 0) is 24.1 Å². The molecular weight excluding hydrogens is 372 g/mol. The highest BCUT2D eigenvalue weighted by atomic mass is 35.5. The van der Waals surface area contributed by atoms with E-state index in [1.54, 1.807) is 17.0 Å². The quantitative estimate of drug-likeness (QED) is 0.802. The van der Waals surface area contributed by atoms with E-state index in [0.717, 1.165) is 31.6 Å². The number of halogens is 3. The Kier molecular flexibility index (Phi) is 6.98. The SMILES string of the molecule is Cl.O=C(c1cscn1)N1CCCN(Cc2ccc(F)cc2Cl)CC1. The Bertz CT molecular complexity index is 684. The number of amides is 1. The van der Waals surface area contributed by atoms with Gasteiger partial charge in [0, 0.05) is 43.1 Å². The summed E-state index contributed by atoms with van der Waals surface area (Å²) in [7, 11) is 0. The first kappa shape index (κ1) is 19.1. The summed E-state index contributed by atoms with van der Waals surface area (Å²) in [4.78, 5) is 20.5. The molecule has 1 amide bonds. The number of thiazole rings is 1. The summed E-state index contributed by atoms with van der Waals surface area (Å²) in [5.41, 5.74) is 3.10.